The van der Waals surface area contributed by atoms with Crippen LogP contribution >= 0.6 is 11.6 Å². The number of aromatic nitrogens is 2. The van der Waals surface area contributed by atoms with E-state index < -0.39 is 74.0 Å². The second-order valence-electron chi connectivity index (χ2n) is 16.3. The highest BCUT2D eigenvalue weighted by molar-refractivity contribution is 6.31. The van der Waals surface area contributed by atoms with Crippen molar-refractivity contribution in [3.8, 4) is 0 Å². The molecule has 0 bridgehead atoms. The molecule has 9 atom stereocenters. The summed E-state index contributed by atoms with van der Waals surface area (Å²) in [7, 11) is 0. The van der Waals surface area contributed by atoms with Gasteiger partial charge in [0.25, 0.3) is 5.91 Å². The molecule has 22 nitrogen and oxygen atoms in total. The van der Waals surface area contributed by atoms with Crippen LogP contribution in [0.3, 0.4) is 0 Å². The highest BCUT2D eigenvalue weighted by Gasteiger charge is 2.34. The van der Waals surface area contributed by atoms with Crippen molar-refractivity contribution in [2.45, 2.75) is 93.4 Å². The molecule has 3 aromatic carbocycles. The number of benzene rings is 3. The van der Waals surface area contributed by atoms with Crippen LogP contribution in [0.1, 0.15) is 46.4 Å². The summed E-state index contributed by atoms with van der Waals surface area (Å²) in [4.78, 5) is 34.5. The first kappa shape index (κ1) is 54.4. The molecule has 0 aliphatic carbocycles. The number of aryl methyl sites for hydroxylation is 2. The van der Waals surface area contributed by atoms with Crippen LogP contribution in [0.25, 0.3) is 10.8 Å². The zero-order valence-electron chi connectivity index (χ0n) is 36.7. The van der Waals surface area contributed by atoms with E-state index in [9.17, 15) is 50.4 Å². The maximum Gasteiger partial charge on any atom is 0.280 e. The summed E-state index contributed by atoms with van der Waals surface area (Å²) < 4.78 is 0. The Kier molecular flexibility index (Phi) is 21.4. The van der Waals surface area contributed by atoms with Crippen LogP contribution in [0.15, 0.2) is 60.7 Å². The van der Waals surface area contributed by atoms with E-state index in [0.29, 0.717) is 25.1 Å². The van der Waals surface area contributed by atoms with Gasteiger partial charge in [0.1, 0.15) is 36.6 Å². The third kappa shape index (κ3) is 16.5. The van der Waals surface area contributed by atoms with Crippen LogP contribution < -0.4 is 33.2 Å². The van der Waals surface area contributed by atoms with E-state index in [1.807, 2.05) is 30.3 Å². The van der Waals surface area contributed by atoms with Crippen LogP contribution in [0.4, 0.5) is 17.3 Å². The predicted molar refractivity (Wildman–Crippen MR) is 250 cm³/mol. The molecule has 0 saturated heterocycles. The summed E-state index contributed by atoms with van der Waals surface area (Å²) in [5.74, 6) is -1.66. The van der Waals surface area contributed by atoms with Crippen molar-refractivity contribution in [2.75, 3.05) is 56.2 Å². The number of anilines is 3. The number of hydrogen-bond acceptors (Lipinski definition) is 19. The molecular weight excluding hydrogens is 896 g/mol. The average Bonchev–Trinajstić information content (AvgIpc) is 3.31. The van der Waals surface area contributed by atoms with E-state index in [-0.39, 0.29) is 60.4 Å². The summed E-state index contributed by atoms with van der Waals surface area (Å²) in [6.45, 7) is -1.90. The van der Waals surface area contributed by atoms with E-state index in [4.69, 9.17) is 44.4 Å². The molecule has 0 saturated carbocycles. The van der Waals surface area contributed by atoms with E-state index in [1.165, 1.54) is 4.90 Å². The van der Waals surface area contributed by atoms with Crippen LogP contribution in [-0.4, -0.2) is 178 Å². The van der Waals surface area contributed by atoms with Gasteiger partial charge in [-0.2, -0.15) is 0 Å². The molecular formula is C44H63ClN10O12. The van der Waals surface area contributed by atoms with Gasteiger partial charge in [0, 0.05) is 25.3 Å². The molecule has 4 aromatic rings. The number of aliphatic hydroxyl groups excluding tert-OH is 10. The minimum Gasteiger partial charge on any atom is -0.394 e. The van der Waals surface area contributed by atoms with Gasteiger partial charge in [0.2, 0.25) is 5.91 Å². The zero-order chi connectivity index (χ0) is 49.4. The van der Waals surface area contributed by atoms with Crippen molar-refractivity contribution < 1.29 is 60.7 Å². The Morgan fingerprint density at radius 2 is 1.21 bits per heavy atom. The number of fused-ring (bicyclic) bond motifs is 1. The molecule has 0 aliphatic rings. The topological polar surface area (TPSA) is 403 Å². The molecule has 1 heterocycles. The Labute approximate surface area is 391 Å². The van der Waals surface area contributed by atoms with Crippen molar-refractivity contribution in [1.82, 2.24) is 25.5 Å². The number of halogens is 1. The number of guanidine groups is 1. The molecule has 23 heteroatoms. The molecule has 2 amide bonds. The third-order valence-corrected chi connectivity index (χ3v) is 11.3. The van der Waals surface area contributed by atoms with Gasteiger partial charge in [-0.1, -0.05) is 60.1 Å². The standard InChI is InChI=1S/C44H63ClN10O12/c45-39-41(48)53-40(47)34(52-39)43(67)54-44(49)50-14-2-1-4-24-6-10-27-17-25(7-11-26(27)16-24)18-29(46)42(66)51-28-12-8-23(9-13-28)5-3-15-55(19-30(58)35(62)37(64)32(60)21-56)20-31(59)36(63)38(65)33(61)22-57/h6-13,16-17,29-33,35-38,56-65H,1-5,14-15,18-22,46H2,(H,51,66)(H4,47,48,53)(H3,49,50,54,67). The van der Waals surface area contributed by atoms with Gasteiger partial charge in [-0.15, -0.1) is 0 Å². The number of carbonyl (C=O) groups is 2. The quantitative estimate of drug-likeness (QED) is 0.0173. The van der Waals surface area contributed by atoms with Crippen molar-refractivity contribution >= 4 is 57.5 Å². The Bertz CT molecular complexity index is 2200. The SMILES string of the molecule is N=C(NCCCCc1ccc2cc(CC(N)C(=O)Nc3ccc(CCCN(CC(O)C(O)C(O)C(O)CO)CC(O)C(O)C(O)C(O)CO)cc3)ccc2c1)NC(=O)c1nc(Cl)c(N)nc1N. The number of amides is 2. The van der Waals surface area contributed by atoms with Crippen molar-refractivity contribution in [3.63, 3.8) is 0 Å². The van der Waals surface area contributed by atoms with Gasteiger partial charge in [-0.25, -0.2) is 9.97 Å². The lowest BCUT2D eigenvalue weighted by Crippen LogP contribution is -2.53. The van der Waals surface area contributed by atoms with Gasteiger partial charge in [0.15, 0.2) is 28.4 Å². The fourth-order valence-electron chi connectivity index (χ4n) is 7.09. The van der Waals surface area contributed by atoms with Gasteiger partial charge in [-0.3, -0.25) is 25.2 Å². The van der Waals surface area contributed by atoms with E-state index in [0.717, 1.165) is 46.7 Å². The highest BCUT2D eigenvalue weighted by Crippen LogP contribution is 2.21. The third-order valence-electron chi connectivity index (χ3n) is 11.0. The summed E-state index contributed by atoms with van der Waals surface area (Å²) in [6, 6.07) is 18.2. The highest BCUT2D eigenvalue weighted by atomic mass is 35.5. The number of hydrogen-bond donors (Lipinski definition) is 17. The molecule has 368 valence electrons. The largest absolute Gasteiger partial charge is 0.394 e. The molecule has 0 spiro atoms. The first-order chi connectivity index (χ1) is 31.8. The maximum absolute atomic E-state index is 13.1. The lowest BCUT2D eigenvalue weighted by atomic mass is 9.98. The van der Waals surface area contributed by atoms with Gasteiger partial charge >= 0.3 is 0 Å². The molecule has 1 aromatic heterocycles. The zero-order valence-corrected chi connectivity index (χ0v) is 37.5. The molecule has 20 N–H and O–H groups in total. The van der Waals surface area contributed by atoms with E-state index in [1.54, 1.807) is 24.3 Å². The smallest absolute Gasteiger partial charge is 0.280 e. The molecule has 0 aliphatic heterocycles. The number of nitrogen functional groups attached to an aromatic ring is 2. The summed E-state index contributed by atoms with van der Waals surface area (Å²) in [6.07, 6.45) is -10.9. The Morgan fingerprint density at radius 1 is 0.687 bits per heavy atom. The predicted octanol–water partition coefficient (Wildman–Crippen LogP) is -2.66. The monoisotopic (exact) mass is 958 g/mol. The van der Waals surface area contributed by atoms with Crippen molar-refractivity contribution in [3.05, 3.63) is 88.2 Å². The Balaban J connectivity index is 1.22. The summed E-state index contributed by atoms with van der Waals surface area (Å²) in [5.41, 5.74) is 20.7. The Hall–Kier alpha value is -5.18. The summed E-state index contributed by atoms with van der Waals surface area (Å²) in [5, 5.41) is 117. The van der Waals surface area contributed by atoms with Gasteiger partial charge < -0.3 is 78.9 Å². The van der Waals surface area contributed by atoms with E-state index >= 15 is 0 Å². The number of nitrogens with two attached hydrogens (primary N) is 3. The lowest BCUT2D eigenvalue weighted by Gasteiger charge is -2.33. The first-order valence-corrected chi connectivity index (χ1v) is 22.0. The Morgan fingerprint density at radius 3 is 1.79 bits per heavy atom. The fourth-order valence-corrected chi connectivity index (χ4v) is 7.22. The second-order valence-corrected chi connectivity index (χ2v) is 16.7. The number of rotatable bonds is 26. The van der Waals surface area contributed by atoms with Crippen LogP contribution in [-0.2, 0) is 24.1 Å². The maximum atomic E-state index is 13.1. The normalized spacial score (nSPS) is 15.8. The lowest BCUT2D eigenvalue weighted by molar-refractivity contribution is -0.130. The minimum absolute atomic E-state index is 0.105. The number of carbonyl (C=O) groups excluding carboxylic acids is 2. The summed E-state index contributed by atoms with van der Waals surface area (Å²) >= 11 is 5.83. The molecule has 0 fully saturated rings. The average molecular weight is 959 g/mol. The van der Waals surface area contributed by atoms with Crippen molar-refractivity contribution in [1.29, 1.82) is 5.41 Å². The molecule has 9 unspecified atom stereocenters. The van der Waals surface area contributed by atoms with Crippen LogP contribution in [0.2, 0.25) is 5.15 Å². The van der Waals surface area contributed by atoms with Gasteiger partial charge in [-0.05, 0) is 84.7 Å². The van der Waals surface area contributed by atoms with Crippen LogP contribution in [0.5, 0.6) is 0 Å². The first-order valence-electron chi connectivity index (χ1n) is 21.6. The number of nitrogens with one attached hydrogen (secondary N) is 4. The molecule has 0 radical (unpaired) electrons. The number of nitrogens with zero attached hydrogens (tertiary/aromatic N) is 3. The van der Waals surface area contributed by atoms with Crippen molar-refractivity contribution in [2.24, 2.45) is 5.73 Å². The van der Waals surface area contributed by atoms with E-state index in [2.05, 4.69) is 32.0 Å². The fraction of sp³-hybridized carbons (Fsp3) is 0.477. The molecule has 67 heavy (non-hydrogen) atoms. The number of aliphatic hydroxyl groups is 10. The number of unbranched alkanes of at least 4 members (excludes halogenated alkanes) is 1. The minimum atomic E-state index is -1.89. The molecule has 4 rings (SSSR count). The van der Waals surface area contributed by atoms with Crippen LogP contribution in [0, 0.1) is 5.41 Å². The second kappa shape index (κ2) is 26.4. The van der Waals surface area contributed by atoms with Gasteiger partial charge in [0.05, 0.1) is 31.5 Å².